The first-order chi connectivity index (χ1) is 14.7. The molecule has 30 heavy (non-hydrogen) atoms. The molecule has 1 aliphatic rings. The molecular formula is C26H19NO2S. The van der Waals surface area contributed by atoms with Gasteiger partial charge in [0.15, 0.2) is 0 Å². The van der Waals surface area contributed by atoms with E-state index < -0.39 is 0 Å². The third-order valence-electron chi connectivity index (χ3n) is 5.46. The van der Waals surface area contributed by atoms with Crippen molar-refractivity contribution >= 4 is 34.3 Å². The van der Waals surface area contributed by atoms with Gasteiger partial charge in [-0.2, -0.15) is 0 Å². The van der Waals surface area contributed by atoms with Crippen molar-refractivity contribution in [2.45, 2.75) is 17.2 Å². The summed E-state index contributed by atoms with van der Waals surface area (Å²) < 4.78 is 0. The van der Waals surface area contributed by atoms with Gasteiger partial charge >= 0.3 is 0 Å². The van der Waals surface area contributed by atoms with Crippen LogP contribution < -0.4 is 0 Å². The van der Waals surface area contributed by atoms with E-state index in [9.17, 15) is 9.59 Å². The topological polar surface area (TPSA) is 37.4 Å². The third kappa shape index (κ3) is 3.29. The first-order valence-corrected chi connectivity index (χ1v) is 10.8. The predicted molar refractivity (Wildman–Crippen MR) is 121 cm³/mol. The van der Waals surface area contributed by atoms with Gasteiger partial charge in [0, 0.05) is 10.6 Å². The van der Waals surface area contributed by atoms with Crippen LogP contribution in [0.5, 0.6) is 0 Å². The van der Waals surface area contributed by atoms with Gasteiger partial charge in [-0.1, -0.05) is 72.8 Å². The highest BCUT2D eigenvalue weighted by molar-refractivity contribution is 7.98. The average Bonchev–Trinajstić information content (AvgIpc) is 3.03. The summed E-state index contributed by atoms with van der Waals surface area (Å²) in [4.78, 5) is 28.1. The Balaban J connectivity index is 1.39. The molecule has 0 unspecified atom stereocenters. The SMILES string of the molecule is O=C1c2ccccc2C(=O)N1Cc1ccccc1CSc1cccc2ccccc12. The maximum absolute atomic E-state index is 12.7. The van der Waals surface area contributed by atoms with Gasteiger partial charge in [-0.05, 0) is 40.1 Å². The zero-order chi connectivity index (χ0) is 20.5. The number of carbonyl (C=O) groups is 2. The highest BCUT2D eigenvalue weighted by Crippen LogP contribution is 2.32. The molecule has 0 fully saturated rings. The van der Waals surface area contributed by atoms with Crippen LogP contribution in [-0.2, 0) is 12.3 Å². The van der Waals surface area contributed by atoms with Crippen LogP contribution >= 0.6 is 11.8 Å². The van der Waals surface area contributed by atoms with E-state index in [4.69, 9.17) is 0 Å². The summed E-state index contributed by atoms with van der Waals surface area (Å²) in [7, 11) is 0. The quantitative estimate of drug-likeness (QED) is 0.303. The predicted octanol–water partition coefficient (Wildman–Crippen LogP) is 5.93. The molecule has 4 heteroatoms. The van der Waals surface area contributed by atoms with E-state index in [-0.39, 0.29) is 11.8 Å². The van der Waals surface area contributed by atoms with E-state index in [0.29, 0.717) is 17.7 Å². The number of amides is 2. The summed E-state index contributed by atoms with van der Waals surface area (Å²) in [6, 6.07) is 29.8. The number of rotatable bonds is 5. The minimum Gasteiger partial charge on any atom is -0.270 e. The number of hydrogen-bond donors (Lipinski definition) is 0. The lowest BCUT2D eigenvalue weighted by atomic mass is 10.1. The van der Waals surface area contributed by atoms with E-state index in [1.807, 2.05) is 24.3 Å². The van der Waals surface area contributed by atoms with Gasteiger partial charge in [-0.3, -0.25) is 14.5 Å². The number of fused-ring (bicyclic) bond motifs is 2. The van der Waals surface area contributed by atoms with Crippen LogP contribution in [0.25, 0.3) is 10.8 Å². The zero-order valence-corrected chi connectivity index (χ0v) is 17.1. The fourth-order valence-electron chi connectivity index (χ4n) is 3.88. The van der Waals surface area contributed by atoms with Gasteiger partial charge in [0.05, 0.1) is 17.7 Å². The third-order valence-corrected chi connectivity index (χ3v) is 6.58. The molecule has 2 amide bonds. The Morgan fingerprint density at radius 2 is 1.23 bits per heavy atom. The van der Waals surface area contributed by atoms with Gasteiger partial charge in [0.2, 0.25) is 0 Å². The van der Waals surface area contributed by atoms with E-state index in [1.165, 1.54) is 20.6 Å². The van der Waals surface area contributed by atoms with E-state index in [0.717, 1.165) is 16.9 Å². The lowest BCUT2D eigenvalue weighted by molar-refractivity contribution is 0.0642. The molecule has 4 aromatic carbocycles. The average molecular weight is 410 g/mol. The fraction of sp³-hybridized carbons (Fsp3) is 0.0769. The van der Waals surface area contributed by atoms with Crippen LogP contribution in [0.1, 0.15) is 31.8 Å². The van der Waals surface area contributed by atoms with Crippen molar-refractivity contribution < 1.29 is 9.59 Å². The minimum absolute atomic E-state index is 0.216. The smallest absolute Gasteiger partial charge is 0.261 e. The Hall–Kier alpha value is -3.37. The van der Waals surface area contributed by atoms with Crippen molar-refractivity contribution in [3.05, 3.63) is 113 Å². The molecule has 0 saturated heterocycles. The number of nitrogens with zero attached hydrogens (tertiary/aromatic N) is 1. The number of hydrogen-bond acceptors (Lipinski definition) is 3. The molecule has 3 nitrogen and oxygen atoms in total. The standard InChI is InChI=1S/C26H19NO2S/c28-25-22-13-5-6-14-23(22)26(29)27(25)16-19-9-1-2-10-20(19)17-30-24-15-7-11-18-8-3-4-12-21(18)24/h1-15H,16-17H2. The number of imide groups is 1. The van der Waals surface area contributed by atoms with Crippen molar-refractivity contribution in [3.63, 3.8) is 0 Å². The van der Waals surface area contributed by atoms with E-state index in [2.05, 4.69) is 42.5 Å². The Morgan fingerprint density at radius 1 is 0.633 bits per heavy atom. The summed E-state index contributed by atoms with van der Waals surface area (Å²) in [5.74, 6) is 0.340. The van der Waals surface area contributed by atoms with Crippen LogP contribution in [0.3, 0.4) is 0 Å². The molecule has 1 heterocycles. The highest BCUT2D eigenvalue weighted by atomic mass is 32.2. The Kier molecular flexibility index (Phi) is 4.85. The van der Waals surface area contributed by atoms with Crippen LogP contribution in [0.4, 0.5) is 0 Å². The molecule has 0 bridgehead atoms. The van der Waals surface area contributed by atoms with Crippen molar-refractivity contribution in [1.29, 1.82) is 0 Å². The van der Waals surface area contributed by atoms with E-state index >= 15 is 0 Å². The highest BCUT2D eigenvalue weighted by Gasteiger charge is 2.35. The Morgan fingerprint density at radius 3 is 2.00 bits per heavy atom. The van der Waals surface area contributed by atoms with Crippen molar-refractivity contribution in [2.75, 3.05) is 0 Å². The van der Waals surface area contributed by atoms with Crippen LogP contribution in [0.15, 0.2) is 95.9 Å². The summed E-state index contributed by atoms with van der Waals surface area (Å²) in [6.07, 6.45) is 0. The van der Waals surface area contributed by atoms with Crippen LogP contribution in [0, 0.1) is 0 Å². The van der Waals surface area contributed by atoms with Gasteiger partial charge in [0.1, 0.15) is 0 Å². The summed E-state index contributed by atoms with van der Waals surface area (Å²) in [5, 5.41) is 2.46. The first-order valence-electron chi connectivity index (χ1n) is 9.85. The monoisotopic (exact) mass is 409 g/mol. The van der Waals surface area contributed by atoms with Gasteiger partial charge in [0.25, 0.3) is 11.8 Å². The van der Waals surface area contributed by atoms with Gasteiger partial charge < -0.3 is 0 Å². The molecule has 4 aromatic rings. The minimum atomic E-state index is -0.216. The zero-order valence-electron chi connectivity index (χ0n) is 16.2. The van der Waals surface area contributed by atoms with Gasteiger partial charge in [-0.25, -0.2) is 0 Å². The maximum atomic E-state index is 12.7. The number of thioether (sulfide) groups is 1. The molecule has 0 spiro atoms. The van der Waals surface area contributed by atoms with Gasteiger partial charge in [-0.15, -0.1) is 11.8 Å². The molecule has 146 valence electrons. The molecule has 0 aromatic heterocycles. The lowest BCUT2D eigenvalue weighted by Crippen LogP contribution is -2.29. The molecular weight excluding hydrogens is 390 g/mol. The first kappa shape index (κ1) is 18.6. The Bertz CT molecular complexity index is 1240. The lowest BCUT2D eigenvalue weighted by Gasteiger charge is -2.17. The number of carbonyl (C=O) groups excluding carboxylic acids is 2. The summed E-state index contributed by atoms with van der Waals surface area (Å²) in [5.41, 5.74) is 3.11. The molecule has 0 aliphatic carbocycles. The second-order valence-corrected chi connectivity index (χ2v) is 8.29. The normalized spacial score (nSPS) is 13.1. The molecule has 0 saturated carbocycles. The van der Waals surface area contributed by atoms with Crippen molar-refractivity contribution in [2.24, 2.45) is 0 Å². The second-order valence-electron chi connectivity index (χ2n) is 7.28. The van der Waals surface area contributed by atoms with E-state index in [1.54, 1.807) is 36.0 Å². The maximum Gasteiger partial charge on any atom is 0.261 e. The number of benzene rings is 4. The second kappa shape index (κ2) is 7.81. The molecule has 0 N–H and O–H groups in total. The Labute approximate surface area is 179 Å². The molecule has 1 aliphatic heterocycles. The van der Waals surface area contributed by atoms with Crippen molar-refractivity contribution in [3.8, 4) is 0 Å². The fourth-order valence-corrected chi connectivity index (χ4v) is 4.99. The summed E-state index contributed by atoms with van der Waals surface area (Å²) in [6.45, 7) is 0.290. The van der Waals surface area contributed by atoms with Crippen LogP contribution in [-0.4, -0.2) is 16.7 Å². The molecule has 0 radical (unpaired) electrons. The largest absolute Gasteiger partial charge is 0.270 e. The molecule has 5 rings (SSSR count). The van der Waals surface area contributed by atoms with Crippen molar-refractivity contribution in [1.82, 2.24) is 4.90 Å². The molecule has 0 atom stereocenters. The van der Waals surface area contributed by atoms with Crippen LogP contribution in [0.2, 0.25) is 0 Å². The summed E-state index contributed by atoms with van der Waals surface area (Å²) >= 11 is 1.78.